The van der Waals surface area contributed by atoms with Crippen LogP contribution >= 0.6 is 0 Å². The Morgan fingerprint density at radius 2 is 1.81 bits per heavy atom. The number of amides is 3. The van der Waals surface area contributed by atoms with E-state index in [0.717, 1.165) is 23.2 Å². The second-order valence-electron chi connectivity index (χ2n) is 8.39. The number of carbonyl (C=O) groups is 3. The SMILES string of the molecule is CCC(C)c1ccccc1N1CC(C(=O)NCc2ccc(C(=O)N(C)C)cc2)CC1=O. The highest BCUT2D eigenvalue weighted by molar-refractivity contribution is 6.01. The van der Waals surface area contributed by atoms with Crippen molar-refractivity contribution in [3.63, 3.8) is 0 Å². The van der Waals surface area contributed by atoms with Gasteiger partial charge in [-0.3, -0.25) is 14.4 Å². The topological polar surface area (TPSA) is 69.7 Å². The normalized spacial score (nSPS) is 16.8. The number of rotatable bonds is 7. The highest BCUT2D eigenvalue weighted by Gasteiger charge is 2.36. The number of nitrogens with one attached hydrogen (secondary N) is 1. The third-order valence-electron chi connectivity index (χ3n) is 5.94. The minimum atomic E-state index is -0.368. The van der Waals surface area contributed by atoms with E-state index in [9.17, 15) is 14.4 Å². The van der Waals surface area contributed by atoms with E-state index in [-0.39, 0.29) is 30.1 Å². The largest absolute Gasteiger partial charge is 0.352 e. The molecule has 0 saturated carbocycles. The minimum Gasteiger partial charge on any atom is -0.352 e. The highest BCUT2D eigenvalue weighted by Crippen LogP contribution is 2.33. The van der Waals surface area contributed by atoms with Crippen LogP contribution in [0, 0.1) is 5.92 Å². The molecule has 2 unspecified atom stereocenters. The summed E-state index contributed by atoms with van der Waals surface area (Å²) >= 11 is 0. The van der Waals surface area contributed by atoms with Crippen LogP contribution in [0.1, 0.15) is 54.1 Å². The molecule has 1 N–H and O–H groups in total. The van der Waals surface area contributed by atoms with Gasteiger partial charge in [0.25, 0.3) is 5.91 Å². The van der Waals surface area contributed by atoms with Gasteiger partial charge >= 0.3 is 0 Å². The fourth-order valence-corrected chi connectivity index (χ4v) is 3.84. The summed E-state index contributed by atoms with van der Waals surface area (Å²) in [7, 11) is 3.42. The number of benzene rings is 2. The lowest BCUT2D eigenvalue weighted by atomic mass is 9.96. The Bertz CT molecular complexity index is 953. The van der Waals surface area contributed by atoms with Crippen LogP contribution in [-0.4, -0.2) is 43.3 Å². The van der Waals surface area contributed by atoms with Gasteiger partial charge in [-0.2, -0.15) is 0 Å². The number of nitrogens with zero attached hydrogens (tertiary/aromatic N) is 2. The number of anilines is 1. The van der Waals surface area contributed by atoms with Crippen molar-refractivity contribution in [3.05, 3.63) is 65.2 Å². The molecule has 1 aliphatic rings. The molecule has 1 aliphatic heterocycles. The van der Waals surface area contributed by atoms with Gasteiger partial charge in [0.1, 0.15) is 0 Å². The average molecular weight is 422 g/mol. The van der Waals surface area contributed by atoms with E-state index in [1.807, 2.05) is 30.3 Å². The quantitative estimate of drug-likeness (QED) is 0.743. The summed E-state index contributed by atoms with van der Waals surface area (Å²) in [4.78, 5) is 40.7. The molecule has 3 rings (SSSR count). The number of para-hydroxylation sites is 1. The lowest BCUT2D eigenvalue weighted by molar-refractivity contribution is -0.126. The van der Waals surface area contributed by atoms with Gasteiger partial charge < -0.3 is 15.1 Å². The fraction of sp³-hybridized carbons (Fsp3) is 0.400. The lowest BCUT2D eigenvalue weighted by Crippen LogP contribution is -2.33. The van der Waals surface area contributed by atoms with Crippen molar-refractivity contribution in [1.82, 2.24) is 10.2 Å². The van der Waals surface area contributed by atoms with Crippen LogP contribution in [0.2, 0.25) is 0 Å². The van der Waals surface area contributed by atoms with Crippen molar-refractivity contribution >= 4 is 23.4 Å². The molecular formula is C25H31N3O3. The Hall–Kier alpha value is -3.15. The monoisotopic (exact) mass is 421 g/mol. The summed E-state index contributed by atoms with van der Waals surface area (Å²) in [6.45, 7) is 5.05. The zero-order chi connectivity index (χ0) is 22.5. The highest BCUT2D eigenvalue weighted by atomic mass is 16.2. The molecule has 0 bridgehead atoms. The summed E-state index contributed by atoms with van der Waals surface area (Å²) in [5.41, 5.74) is 3.58. The molecule has 2 aromatic rings. The molecule has 0 radical (unpaired) electrons. The maximum Gasteiger partial charge on any atom is 0.253 e. The summed E-state index contributed by atoms with van der Waals surface area (Å²) < 4.78 is 0. The molecule has 0 spiro atoms. The van der Waals surface area contributed by atoms with E-state index in [2.05, 4.69) is 25.2 Å². The Morgan fingerprint density at radius 1 is 1.13 bits per heavy atom. The molecule has 164 valence electrons. The summed E-state index contributed by atoms with van der Waals surface area (Å²) in [6, 6.07) is 15.2. The van der Waals surface area contributed by atoms with E-state index >= 15 is 0 Å². The molecule has 6 heteroatoms. The maximum absolute atomic E-state index is 12.7. The summed E-state index contributed by atoms with van der Waals surface area (Å²) in [6.07, 6.45) is 1.21. The van der Waals surface area contributed by atoms with E-state index in [4.69, 9.17) is 0 Å². The van der Waals surface area contributed by atoms with E-state index in [1.165, 1.54) is 4.90 Å². The lowest BCUT2D eigenvalue weighted by Gasteiger charge is -2.23. The van der Waals surface area contributed by atoms with Gasteiger partial charge in [-0.15, -0.1) is 0 Å². The van der Waals surface area contributed by atoms with Crippen molar-refractivity contribution in [2.24, 2.45) is 5.92 Å². The molecule has 0 aromatic heterocycles. The second-order valence-corrected chi connectivity index (χ2v) is 8.39. The molecule has 1 saturated heterocycles. The molecular weight excluding hydrogens is 390 g/mol. The zero-order valence-corrected chi connectivity index (χ0v) is 18.7. The Labute approximate surface area is 184 Å². The van der Waals surface area contributed by atoms with Crippen LogP contribution in [0.5, 0.6) is 0 Å². The van der Waals surface area contributed by atoms with Crippen molar-refractivity contribution in [1.29, 1.82) is 0 Å². The van der Waals surface area contributed by atoms with Crippen LogP contribution in [0.15, 0.2) is 48.5 Å². The Kier molecular flexibility index (Phi) is 7.10. The third-order valence-corrected chi connectivity index (χ3v) is 5.94. The van der Waals surface area contributed by atoms with Crippen molar-refractivity contribution in [2.75, 3.05) is 25.5 Å². The van der Waals surface area contributed by atoms with Gasteiger partial charge in [-0.1, -0.05) is 44.2 Å². The molecule has 31 heavy (non-hydrogen) atoms. The zero-order valence-electron chi connectivity index (χ0n) is 18.7. The molecule has 0 aliphatic carbocycles. The predicted molar refractivity (Wildman–Crippen MR) is 122 cm³/mol. The van der Waals surface area contributed by atoms with Gasteiger partial charge in [0.05, 0.1) is 5.92 Å². The average Bonchev–Trinajstić information content (AvgIpc) is 3.18. The van der Waals surface area contributed by atoms with E-state index < -0.39 is 0 Å². The van der Waals surface area contributed by atoms with E-state index in [0.29, 0.717) is 24.6 Å². The molecule has 3 amide bonds. The third kappa shape index (κ3) is 5.13. The standard InChI is InChI=1S/C25H31N3O3/c1-5-17(2)21-8-6-7-9-22(21)28-16-20(14-23(28)29)24(30)26-15-18-10-12-19(13-11-18)25(31)27(3)4/h6-13,17,20H,5,14-16H2,1-4H3,(H,26,30). The molecule has 6 nitrogen and oxygen atoms in total. The van der Waals surface area contributed by atoms with Crippen LogP contribution in [-0.2, 0) is 16.1 Å². The molecule has 2 aromatic carbocycles. The van der Waals surface area contributed by atoms with Gasteiger partial charge in [-0.05, 0) is 41.7 Å². The summed E-state index contributed by atoms with van der Waals surface area (Å²) in [5, 5.41) is 2.94. The van der Waals surface area contributed by atoms with Crippen LogP contribution < -0.4 is 10.2 Å². The number of carbonyl (C=O) groups excluding carboxylic acids is 3. The molecule has 1 heterocycles. The van der Waals surface area contributed by atoms with Crippen LogP contribution in [0.3, 0.4) is 0 Å². The van der Waals surface area contributed by atoms with E-state index in [1.54, 1.807) is 31.1 Å². The van der Waals surface area contributed by atoms with Crippen molar-refractivity contribution in [2.45, 2.75) is 39.2 Å². The fourth-order valence-electron chi connectivity index (χ4n) is 3.84. The van der Waals surface area contributed by atoms with Crippen molar-refractivity contribution < 1.29 is 14.4 Å². The van der Waals surface area contributed by atoms with Gasteiger partial charge in [0.2, 0.25) is 11.8 Å². The molecule has 1 fully saturated rings. The number of hydrogen-bond donors (Lipinski definition) is 1. The predicted octanol–water partition coefficient (Wildman–Crippen LogP) is 3.57. The Balaban J connectivity index is 1.62. The Morgan fingerprint density at radius 3 is 2.45 bits per heavy atom. The van der Waals surface area contributed by atoms with Crippen LogP contribution in [0.4, 0.5) is 5.69 Å². The van der Waals surface area contributed by atoms with Crippen LogP contribution in [0.25, 0.3) is 0 Å². The smallest absolute Gasteiger partial charge is 0.253 e. The minimum absolute atomic E-state index is 0.0116. The van der Waals surface area contributed by atoms with Gasteiger partial charge in [0, 0.05) is 44.9 Å². The van der Waals surface area contributed by atoms with Gasteiger partial charge in [-0.25, -0.2) is 0 Å². The molecule has 2 atom stereocenters. The maximum atomic E-state index is 12.7. The first-order valence-corrected chi connectivity index (χ1v) is 10.8. The van der Waals surface area contributed by atoms with Crippen molar-refractivity contribution in [3.8, 4) is 0 Å². The first kappa shape index (κ1) is 22.5. The number of hydrogen-bond acceptors (Lipinski definition) is 3. The first-order valence-electron chi connectivity index (χ1n) is 10.8. The second kappa shape index (κ2) is 9.77. The first-order chi connectivity index (χ1) is 14.8. The van der Waals surface area contributed by atoms with Gasteiger partial charge in [0.15, 0.2) is 0 Å². The summed E-state index contributed by atoms with van der Waals surface area (Å²) in [5.74, 6) is -0.211.